The SMILES string of the molecule is CS(=O)(=O)N1CCC[C@@H]1C(=O)NCc1ccc(-n2cncn2)nc1. The zero-order valence-corrected chi connectivity index (χ0v) is 14.0. The quantitative estimate of drug-likeness (QED) is 0.793. The number of rotatable bonds is 5. The minimum Gasteiger partial charge on any atom is -0.351 e. The molecule has 0 unspecified atom stereocenters. The molecule has 1 saturated heterocycles. The first-order valence-electron chi connectivity index (χ1n) is 7.49. The van der Waals surface area contributed by atoms with Gasteiger partial charge in [0.15, 0.2) is 5.82 Å². The number of hydrogen-bond donors (Lipinski definition) is 1. The van der Waals surface area contributed by atoms with Crippen LogP contribution in [0.1, 0.15) is 18.4 Å². The van der Waals surface area contributed by atoms with E-state index in [-0.39, 0.29) is 12.5 Å². The summed E-state index contributed by atoms with van der Waals surface area (Å²) in [6.07, 6.45) is 6.97. The Hall–Kier alpha value is -2.33. The van der Waals surface area contributed by atoms with E-state index in [4.69, 9.17) is 0 Å². The second kappa shape index (κ2) is 6.65. The summed E-state index contributed by atoms with van der Waals surface area (Å²) in [5, 5.41) is 6.76. The second-order valence-electron chi connectivity index (χ2n) is 5.61. The average Bonchev–Trinajstić information content (AvgIpc) is 3.23. The van der Waals surface area contributed by atoms with Crippen molar-refractivity contribution >= 4 is 15.9 Å². The van der Waals surface area contributed by atoms with Crippen LogP contribution >= 0.6 is 0 Å². The van der Waals surface area contributed by atoms with E-state index >= 15 is 0 Å². The lowest BCUT2D eigenvalue weighted by molar-refractivity contribution is -0.124. The van der Waals surface area contributed by atoms with Crippen molar-refractivity contribution in [2.75, 3.05) is 12.8 Å². The average molecular weight is 350 g/mol. The minimum absolute atomic E-state index is 0.279. The molecule has 0 aliphatic carbocycles. The van der Waals surface area contributed by atoms with Gasteiger partial charge in [0.1, 0.15) is 18.7 Å². The first-order chi connectivity index (χ1) is 11.4. The first-order valence-corrected chi connectivity index (χ1v) is 9.34. The van der Waals surface area contributed by atoms with Crippen molar-refractivity contribution in [3.05, 3.63) is 36.5 Å². The third kappa shape index (κ3) is 3.60. The molecule has 10 heteroatoms. The predicted molar refractivity (Wildman–Crippen MR) is 85.6 cm³/mol. The summed E-state index contributed by atoms with van der Waals surface area (Å²) < 4.78 is 26.2. The van der Waals surface area contributed by atoms with E-state index in [1.807, 2.05) is 6.07 Å². The van der Waals surface area contributed by atoms with Gasteiger partial charge >= 0.3 is 0 Å². The third-order valence-corrected chi connectivity index (χ3v) is 5.15. The molecule has 0 aromatic carbocycles. The number of pyridine rings is 1. The van der Waals surface area contributed by atoms with Crippen molar-refractivity contribution in [3.63, 3.8) is 0 Å². The molecule has 1 N–H and O–H groups in total. The van der Waals surface area contributed by atoms with Gasteiger partial charge in [-0.05, 0) is 24.5 Å². The fraction of sp³-hybridized carbons (Fsp3) is 0.429. The van der Waals surface area contributed by atoms with Crippen molar-refractivity contribution in [2.24, 2.45) is 0 Å². The molecule has 2 aromatic rings. The van der Waals surface area contributed by atoms with Crippen molar-refractivity contribution in [1.29, 1.82) is 0 Å². The zero-order valence-electron chi connectivity index (χ0n) is 13.2. The molecule has 0 spiro atoms. The van der Waals surface area contributed by atoms with E-state index in [1.54, 1.807) is 18.6 Å². The maximum atomic E-state index is 12.3. The number of nitrogens with zero attached hydrogens (tertiary/aromatic N) is 5. The van der Waals surface area contributed by atoms with Gasteiger partial charge in [-0.15, -0.1) is 0 Å². The summed E-state index contributed by atoms with van der Waals surface area (Å²) in [7, 11) is -3.37. The van der Waals surface area contributed by atoms with E-state index in [1.165, 1.54) is 15.3 Å². The molecular formula is C14H18N6O3S. The molecule has 3 rings (SSSR count). The summed E-state index contributed by atoms with van der Waals surface area (Å²) in [6.45, 7) is 0.683. The number of amides is 1. The number of carbonyl (C=O) groups excluding carboxylic acids is 1. The highest BCUT2D eigenvalue weighted by Gasteiger charge is 2.36. The number of sulfonamides is 1. The Bertz CT molecular complexity index is 804. The lowest BCUT2D eigenvalue weighted by Crippen LogP contribution is -2.45. The van der Waals surface area contributed by atoms with Gasteiger partial charge < -0.3 is 5.32 Å². The number of carbonyl (C=O) groups is 1. The zero-order chi connectivity index (χ0) is 17.2. The van der Waals surface area contributed by atoms with E-state index in [0.29, 0.717) is 25.2 Å². The molecule has 1 atom stereocenters. The van der Waals surface area contributed by atoms with Gasteiger partial charge in [0.25, 0.3) is 0 Å². The number of hydrogen-bond acceptors (Lipinski definition) is 6. The smallest absolute Gasteiger partial charge is 0.238 e. The monoisotopic (exact) mass is 350 g/mol. The van der Waals surface area contributed by atoms with E-state index in [2.05, 4.69) is 20.4 Å². The van der Waals surface area contributed by atoms with Gasteiger partial charge in [-0.3, -0.25) is 4.79 Å². The van der Waals surface area contributed by atoms with Crippen LogP contribution in [0, 0.1) is 0 Å². The molecular weight excluding hydrogens is 332 g/mol. The lowest BCUT2D eigenvalue weighted by atomic mass is 10.2. The predicted octanol–water partition coefficient (Wildman–Crippen LogP) is -0.297. The molecule has 0 radical (unpaired) electrons. The van der Waals surface area contributed by atoms with E-state index < -0.39 is 16.1 Å². The largest absolute Gasteiger partial charge is 0.351 e. The van der Waals surface area contributed by atoms with Crippen molar-refractivity contribution in [2.45, 2.75) is 25.4 Å². The molecule has 3 heterocycles. The summed E-state index contributed by atoms with van der Waals surface area (Å²) in [5.41, 5.74) is 0.816. The molecule has 1 amide bonds. The van der Waals surface area contributed by atoms with Crippen LogP contribution in [0.5, 0.6) is 0 Å². The third-order valence-electron chi connectivity index (χ3n) is 3.86. The lowest BCUT2D eigenvalue weighted by Gasteiger charge is -2.21. The number of aromatic nitrogens is 4. The normalized spacial score (nSPS) is 18.6. The van der Waals surface area contributed by atoms with Crippen molar-refractivity contribution < 1.29 is 13.2 Å². The molecule has 24 heavy (non-hydrogen) atoms. The number of nitrogens with one attached hydrogen (secondary N) is 1. The molecule has 1 aliphatic rings. The van der Waals surface area contributed by atoms with E-state index in [0.717, 1.165) is 11.8 Å². The van der Waals surface area contributed by atoms with Crippen LogP contribution in [-0.4, -0.2) is 57.2 Å². The molecule has 128 valence electrons. The summed E-state index contributed by atoms with van der Waals surface area (Å²) in [5.74, 6) is 0.347. The van der Waals surface area contributed by atoms with Crippen LogP contribution in [0.4, 0.5) is 0 Å². The molecule has 1 fully saturated rings. The molecule has 2 aromatic heterocycles. The van der Waals surface area contributed by atoms with Crippen LogP contribution in [0.2, 0.25) is 0 Å². The van der Waals surface area contributed by atoms with Crippen LogP contribution in [0.3, 0.4) is 0 Å². The van der Waals surface area contributed by atoms with Crippen LogP contribution < -0.4 is 5.32 Å². The maximum Gasteiger partial charge on any atom is 0.238 e. The van der Waals surface area contributed by atoms with Gasteiger partial charge in [-0.2, -0.15) is 9.40 Å². The summed E-state index contributed by atoms with van der Waals surface area (Å²) in [4.78, 5) is 20.4. The van der Waals surface area contributed by atoms with Crippen molar-refractivity contribution in [1.82, 2.24) is 29.4 Å². The fourth-order valence-electron chi connectivity index (χ4n) is 2.69. The standard InChI is InChI=1S/C14H18N6O3S/c1-24(22,23)20-6-2-3-12(20)14(21)17-8-11-4-5-13(16-7-11)19-10-15-9-18-19/h4-5,7,9-10,12H,2-3,6,8H2,1H3,(H,17,21)/t12-/m1/s1. The van der Waals surface area contributed by atoms with Gasteiger partial charge in [0, 0.05) is 19.3 Å². The summed E-state index contributed by atoms with van der Waals surface area (Å²) >= 11 is 0. The van der Waals surface area contributed by atoms with Gasteiger partial charge in [-0.1, -0.05) is 6.07 Å². The molecule has 9 nitrogen and oxygen atoms in total. The Kier molecular flexibility index (Phi) is 4.58. The van der Waals surface area contributed by atoms with Gasteiger partial charge in [0.05, 0.1) is 6.26 Å². The Labute approximate surface area is 139 Å². The Morgan fingerprint density at radius 1 is 1.42 bits per heavy atom. The fourth-order valence-corrected chi connectivity index (χ4v) is 3.81. The van der Waals surface area contributed by atoms with Crippen LogP contribution in [-0.2, 0) is 21.4 Å². The molecule has 1 aliphatic heterocycles. The van der Waals surface area contributed by atoms with Gasteiger partial charge in [0.2, 0.25) is 15.9 Å². The van der Waals surface area contributed by atoms with E-state index in [9.17, 15) is 13.2 Å². The maximum absolute atomic E-state index is 12.3. The van der Waals surface area contributed by atoms with Crippen LogP contribution in [0.25, 0.3) is 5.82 Å². The second-order valence-corrected chi connectivity index (χ2v) is 7.55. The molecule has 0 saturated carbocycles. The van der Waals surface area contributed by atoms with Gasteiger partial charge in [-0.25, -0.2) is 23.1 Å². The Balaban J connectivity index is 1.60. The highest BCUT2D eigenvalue weighted by atomic mass is 32.2. The minimum atomic E-state index is -3.37. The highest BCUT2D eigenvalue weighted by molar-refractivity contribution is 7.88. The Morgan fingerprint density at radius 2 is 2.25 bits per heavy atom. The molecule has 0 bridgehead atoms. The Morgan fingerprint density at radius 3 is 2.88 bits per heavy atom. The topological polar surface area (TPSA) is 110 Å². The first kappa shape index (κ1) is 16.5. The van der Waals surface area contributed by atoms with Crippen molar-refractivity contribution in [3.8, 4) is 5.82 Å². The summed E-state index contributed by atoms with van der Waals surface area (Å²) in [6, 6.07) is 2.98. The van der Waals surface area contributed by atoms with Crippen LogP contribution in [0.15, 0.2) is 31.0 Å². The highest BCUT2D eigenvalue weighted by Crippen LogP contribution is 2.20.